The van der Waals surface area contributed by atoms with Crippen LogP contribution in [0.4, 0.5) is 5.69 Å². The van der Waals surface area contributed by atoms with Crippen LogP contribution in [-0.2, 0) is 18.4 Å². The molecular formula is C26H27N3O4. The first kappa shape index (κ1) is 22.2. The van der Waals surface area contributed by atoms with Crippen LogP contribution in [0.3, 0.4) is 0 Å². The number of aryl methyl sites for hydroxylation is 3. The van der Waals surface area contributed by atoms with Gasteiger partial charge < -0.3 is 24.5 Å². The summed E-state index contributed by atoms with van der Waals surface area (Å²) < 4.78 is 19.1. The second-order valence-electron chi connectivity index (χ2n) is 7.82. The first-order valence-corrected chi connectivity index (χ1v) is 10.8. The molecule has 0 atom stereocenters. The molecular weight excluding hydrogens is 418 g/mol. The number of carbonyl (C=O) groups is 1. The third kappa shape index (κ3) is 4.62. The third-order valence-corrected chi connectivity index (χ3v) is 5.49. The maximum atomic E-state index is 12.2. The van der Waals surface area contributed by atoms with Crippen molar-refractivity contribution in [3.63, 3.8) is 0 Å². The van der Waals surface area contributed by atoms with Crippen LogP contribution in [0.25, 0.3) is 11.0 Å². The number of hydrogen-bond donors (Lipinski definition) is 1. The molecule has 7 nitrogen and oxygen atoms in total. The van der Waals surface area contributed by atoms with Gasteiger partial charge in [0.05, 0.1) is 17.6 Å². The molecule has 0 fully saturated rings. The molecule has 0 spiro atoms. The van der Waals surface area contributed by atoms with Crippen molar-refractivity contribution >= 4 is 22.7 Å². The highest BCUT2D eigenvalue weighted by Crippen LogP contribution is 2.30. The molecule has 0 saturated heterocycles. The summed E-state index contributed by atoms with van der Waals surface area (Å²) in [5, 5.41) is 0. The normalized spacial score (nSPS) is 10.9. The second kappa shape index (κ2) is 9.24. The van der Waals surface area contributed by atoms with Crippen molar-refractivity contribution in [2.24, 2.45) is 7.05 Å². The molecule has 0 aliphatic heterocycles. The summed E-state index contributed by atoms with van der Waals surface area (Å²) in [7, 11) is 1.92. The first-order valence-electron chi connectivity index (χ1n) is 10.8. The Morgan fingerprint density at radius 3 is 2.48 bits per heavy atom. The van der Waals surface area contributed by atoms with E-state index in [4.69, 9.17) is 19.9 Å². The SMILES string of the molecule is CCOC(=O)c1ccccc1OCc1nc2ccc(Oc3cc(C)c(N)c(C)c3)cc2n1C. The number of benzene rings is 3. The van der Waals surface area contributed by atoms with Crippen LogP contribution in [0.15, 0.2) is 54.6 Å². The summed E-state index contributed by atoms with van der Waals surface area (Å²) in [6, 6.07) is 16.6. The van der Waals surface area contributed by atoms with E-state index in [1.165, 1.54) is 0 Å². The highest BCUT2D eigenvalue weighted by Gasteiger charge is 2.15. The minimum atomic E-state index is -0.409. The van der Waals surface area contributed by atoms with Crippen LogP contribution in [0.1, 0.15) is 34.2 Å². The van der Waals surface area contributed by atoms with Gasteiger partial charge in [0.25, 0.3) is 0 Å². The number of anilines is 1. The Hall–Kier alpha value is -4.00. The van der Waals surface area contributed by atoms with E-state index < -0.39 is 5.97 Å². The van der Waals surface area contributed by atoms with Gasteiger partial charge in [-0.15, -0.1) is 0 Å². The van der Waals surface area contributed by atoms with Gasteiger partial charge in [0.1, 0.15) is 35.2 Å². The number of nitrogens with zero attached hydrogens (tertiary/aromatic N) is 2. The molecule has 0 unspecified atom stereocenters. The van der Waals surface area contributed by atoms with Gasteiger partial charge in [-0.1, -0.05) is 12.1 Å². The van der Waals surface area contributed by atoms with Crippen molar-refractivity contribution in [1.82, 2.24) is 9.55 Å². The maximum absolute atomic E-state index is 12.2. The van der Waals surface area contributed by atoms with Crippen molar-refractivity contribution in [2.75, 3.05) is 12.3 Å². The van der Waals surface area contributed by atoms with E-state index >= 15 is 0 Å². The molecule has 3 aromatic carbocycles. The molecule has 1 heterocycles. The largest absolute Gasteiger partial charge is 0.485 e. The first-order chi connectivity index (χ1) is 15.9. The Morgan fingerprint density at radius 2 is 1.76 bits per heavy atom. The van der Waals surface area contributed by atoms with Gasteiger partial charge in [-0.25, -0.2) is 9.78 Å². The van der Waals surface area contributed by atoms with Crippen LogP contribution in [0, 0.1) is 13.8 Å². The standard InChI is InChI=1S/C26H27N3O4/c1-5-31-26(30)20-8-6-7-9-23(20)32-15-24-28-21-11-10-18(14-22(21)29(24)4)33-19-12-16(2)25(27)17(3)13-19/h6-14H,5,15,27H2,1-4H3. The van der Waals surface area contributed by atoms with Gasteiger partial charge in [0, 0.05) is 18.8 Å². The number of rotatable bonds is 7. The van der Waals surface area contributed by atoms with Gasteiger partial charge in [0.15, 0.2) is 0 Å². The van der Waals surface area contributed by atoms with Crippen LogP contribution < -0.4 is 15.2 Å². The maximum Gasteiger partial charge on any atom is 0.341 e. The highest BCUT2D eigenvalue weighted by molar-refractivity contribution is 5.92. The summed E-state index contributed by atoms with van der Waals surface area (Å²) in [5.41, 5.74) is 10.9. The van der Waals surface area contributed by atoms with E-state index in [0.717, 1.165) is 39.4 Å². The number of carbonyl (C=O) groups excluding carboxylic acids is 1. The Balaban J connectivity index is 1.55. The molecule has 33 heavy (non-hydrogen) atoms. The fourth-order valence-corrected chi connectivity index (χ4v) is 3.65. The minimum Gasteiger partial charge on any atom is -0.485 e. The van der Waals surface area contributed by atoms with E-state index in [0.29, 0.717) is 23.7 Å². The number of imidazole rings is 1. The van der Waals surface area contributed by atoms with Gasteiger partial charge in [0.2, 0.25) is 0 Å². The lowest BCUT2D eigenvalue weighted by molar-refractivity contribution is 0.0521. The number of fused-ring (bicyclic) bond motifs is 1. The van der Waals surface area contributed by atoms with Gasteiger partial charge in [-0.2, -0.15) is 0 Å². The molecule has 4 rings (SSSR count). The fourth-order valence-electron chi connectivity index (χ4n) is 3.65. The van der Waals surface area contributed by atoms with Gasteiger partial charge in [-0.3, -0.25) is 0 Å². The summed E-state index contributed by atoms with van der Waals surface area (Å²) >= 11 is 0. The average Bonchev–Trinajstić information content (AvgIpc) is 3.11. The van der Waals surface area contributed by atoms with Crippen molar-refractivity contribution < 1.29 is 19.0 Å². The monoisotopic (exact) mass is 445 g/mol. The number of ether oxygens (including phenoxy) is 3. The molecule has 7 heteroatoms. The number of hydrogen-bond acceptors (Lipinski definition) is 6. The van der Waals surface area contributed by atoms with Crippen LogP contribution in [0.2, 0.25) is 0 Å². The van der Waals surface area contributed by atoms with Gasteiger partial charge >= 0.3 is 5.97 Å². The summed E-state index contributed by atoms with van der Waals surface area (Å²) in [5.74, 6) is 2.21. The van der Waals surface area contributed by atoms with Crippen LogP contribution >= 0.6 is 0 Å². The average molecular weight is 446 g/mol. The van der Waals surface area contributed by atoms with E-state index in [9.17, 15) is 4.79 Å². The topological polar surface area (TPSA) is 88.6 Å². The van der Waals surface area contributed by atoms with E-state index in [1.54, 1.807) is 25.1 Å². The number of aromatic nitrogens is 2. The predicted octanol–water partition coefficient (Wildman–Crippen LogP) is 5.32. The molecule has 0 aliphatic carbocycles. The van der Waals surface area contributed by atoms with Crippen molar-refractivity contribution in [3.8, 4) is 17.2 Å². The zero-order valence-electron chi connectivity index (χ0n) is 19.2. The Morgan fingerprint density at radius 1 is 1.03 bits per heavy atom. The quantitative estimate of drug-likeness (QED) is 0.306. The summed E-state index contributed by atoms with van der Waals surface area (Å²) in [6.45, 7) is 6.21. The number of esters is 1. The molecule has 4 aromatic rings. The Bertz CT molecular complexity index is 1300. The molecule has 170 valence electrons. The fraction of sp³-hybridized carbons (Fsp3) is 0.231. The lowest BCUT2D eigenvalue weighted by Crippen LogP contribution is -2.09. The molecule has 0 amide bonds. The lowest BCUT2D eigenvalue weighted by Gasteiger charge is -2.11. The van der Waals surface area contributed by atoms with Crippen molar-refractivity contribution in [1.29, 1.82) is 0 Å². The van der Waals surface area contributed by atoms with Gasteiger partial charge in [-0.05, 0) is 68.3 Å². The molecule has 2 N–H and O–H groups in total. The second-order valence-corrected chi connectivity index (χ2v) is 7.82. The molecule has 0 radical (unpaired) electrons. The molecule has 0 aliphatic rings. The smallest absolute Gasteiger partial charge is 0.341 e. The molecule has 0 bridgehead atoms. The van der Waals surface area contributed by atoms with Crippen LogP contribution in [-0.4, -0.2) is 22.1 Å². The highest BCUT2D eigenvalue weighted by atomic mass is 16.5. The summed E-state index contributed by atoms with van der Waals surface area (Å²) in [4.78, 5) is 16.9. The lowest BCUT2D eigenvalue weighted by atomic mass is 10.1. The van der Waals surface area contributed by atoms with Crippen LogP contribution in [0.5, 0.6) is 17.2 Å². The Kier molecular flexibility index (Phi) is 6.22. The van der Waals surface area contributed by atoms with Crippen molar-refractivity contribution in [3.05, 3.63) is 77.1 Å². The van der Waals surface area contributed by atoms with E-state index in [2.05, 4.69) is 4.98 Å². The third-order valence-electron chi connectivity index (χ3n) is 5.49. The number of nitrogen functional groups attached to an aromatic ring is 1. The zero-order valence-corrected chi connectivity index (χ0v) is 19.2. The predicted molar refractivity (Wildman–Crippen MR) is 128 cm³/mol. The van der Waals surface area contributed by atoms with E-state index in [-0.39, 0.29) is 6.61 Å². The minimum absolute atomic E-state index is 0.203. The zero-order chi connectivity index (χ0) is 23.5. The number of nitrogens with two attached hydrogens (primary N) is 1. The molecule has 0 saturated carbocycles. The van der Waals surface area contributed by atoms with Crippen molar-refractivity contribution in [2.45, 2.75) is 27.4 Å². The number of para-hydroxylation sites is 1. The Labute approximate surface area is 192 Å². The summed E-state index contributed by atoms with van der Waals surface area (Å²) in [6.07, 6.45) is 0. The molecule has 1 aromatic heterocycles. The van der Waals surface area contributed by atoms with E-state index in [1.807, 2.05) is 61.9 Å².